The largest absolute Gasteiger partial charge is 0.433 e. The van der Waals surface area contributed by atoms with Crippen LogP contribution in [-0.4, -0.2) is 83.5 Å². The molecule has 0 aliphatic carbocycles. The molecule has 1 aromatic rings. The van der Waals surface area contributed by atoms with Crippen LogP contribution in [0.25, 0.3) is 0 Å². The van der Waals surface area contributed by atoms with Crippen molar-refractivity contribution in [2.45, 2.75) is 31.9 Å². The van der Waals surface area contributed by atoms with Gasteiger partial charge in [-0.3, -0.25) is 4.99 Å². The van der Waals surface area contributed by atoms with Gasteiger partial charge >= 0.3 is 6.61 Å². The highest BCUT2D eigenvalue weighted by molar-refractivity contribution is 14.0. The Morgan fingerprint density at radius 2 is 1.94 bits per heavy atom. The number of alkyl halides is 2. The van der Waals surface area contributed by atoms with E-state index in [1.807, 2.05) is 12.1 Å². The number of hydrogen-bond donors (Lipinski definition) is 2. The lowest BCUT2D eigenvalue weighted by Crippen LogP contribution is -2.47. The van der Waals surface area contributed by atoms with Crippen LogP contribution in [0.2, 0.25) is 0 Å². The number of likely N-dealkylation sites (tertiary alicyclic amines) is 1. The van der Waals surface area contributed by atoms with Crippen molar-refractivity contribution in [3.05, 3.63) is 24.3 Å². The minimum atomic E-state index is -2.83. The maximum absolute atomic E-state index is 12.7. The van der Waals surface area contributed by atoms with Gasteiger partial charge in [0.1, 0.15) is 5.75 Å². The molecule has 3 rings (SSSR count). The molecule has 2 fully saturated rings. The molecule has 2 saturated heterocycles. The molecule has 2 aliphatic heterocycles. The summed E-state index contributed by atoms with van der Waals surface area (Å²) in [6.45, 7) is 3.58. The molecular formula is C22H36F2IN5O2. The number of para-hydroxylation sites is 2. The van der Waals surface area contributed by atoms with Crippen molar-refractivity contribution in [3.8, 4) is 5.75 Å². The highest BCUT2D eigenvalue weighted by Gasteiger charge is 2.26. The molecular weight excluding hydrogens is 531 g/mol. The normalized spacial score (nSPS) is 20.3. The summed E-state index contributed by atoms with van der Waals surface area (Å²) in [6.07, 6.45) is 3.25. The predicted octanol–water partition coefficient (Wildman–Crippen LogP) is 3.01. The Morgan fingerprint density at radius 3 is 2.62 bits per heavy atom. The number of piperidine rings is 1. The van der Waals surface area contributed by atoms with Gasteiger partial charge in [0.2, 0.25) is 0 Å². The van der Waals surface area contributed by atoms with Crippen LogP contribution in [0, 0.1) is 5.92 Å². The van der Waals surface area contributed by atoms with Crippen molar-refractivity contribution in [2.75, 3.05) is 64.9 Å². The van der Waals surface area contributed by atoms with Crippen molar-refractivity contribution in [3.63, 3.8) is 0 Å². The average Bonchev–Trinajstić information content (AvgIpc) is 3.24. The number of rotatable bonds is 9. The molecule has 0 saturated carbocycles. The molecule has 10 heteroatoms. The molecule has 1 unspecified atom stereocenters. The minimum Gasteiger partial charge on any atom is -0.433 e. The highest BCUT2D eigenvalue weighted by Crippen LogP contribution is 2.31. The van der Waals surface area contributed by atoms with Gasteiger partial charge in [-0.1, -0.05) is 12.1 Å². The van der Waals surface area contributed by atoms with Gasteiger partial charge in [-0.15, -0.1) is 24.0 Å². The second-order valence-electron chi connectivity index (χ2n) is 8.15. The van der Waals surface area contributed by atoms with Crippen LogP contribution in [0.15, 0.2) is 29.3 Å². The summed E-state index contributed by atoms with van der Waals surface area (Å²) in [6, 6.07) is 7.16. The molecule has 0 radical (unpaired) electrons. The molecule has 2 N–H and O–H groups in total. The fraction of sp³-hybridized carbons (Fsp3) is 0.682. The van der Waals surface area contributed by atoms with E-state index in [-0.39, 0.29) is 35.8 Å². The van der Waals surface area contributed by atoms with E-state index in [1.54, 1.807) is 26.3 Å². The van der Waals surface area contributed by atoms with Crippen molar-refractivity contribution in [1.82, 2.24) is 15.5 Å². The third-order valence-corrected chi connectivity index (χ3v) is 6.05. The fourth-order valence-corrected chi connectivity index (χ4v) is 4.27. The fourth-order valence-electron chi connectivity index (χ4n) is 4.27. The number of nitrogens with one attached hydrogen (secondary N) is 2. The first-order valence-corrected chi connectivity index (χ1v) is 11.1. The number of aliphatic imine (C=N–C) groups is 1. The van der Waals surface area contributed by atoms with Gasteiger partial charge in [0.05, 0.1) is 12.3 Å². The van der Waals surface area contributed by atoms with Crippen LogP contribution in [0.4, 0.5) is 14.5 Å². The zero-order chi connectivity index (χ0) is 22.1. The third kappa shape index (κ3) is 8.18. The van der Waals surface area contributed by atoms with Crippen LogP contribution in [0.5, 0.6) is 5.75 Å². The van der Waals surface area contributed by atoms with Gasteiger partial charge in [0.25, 0.3) is 0 Å². The SMILES string of the molecule is CN=C(NCC1CCN(CCOC)CC1)NC1CCN(c2ccccc2OC(F)F)C1.I. The Hall–Kier alpha value is -1.40. The second kappa shape index (κ2) is 14.0. The molecule has 0 spiro atoms. The van der Waals surface area contributed by atoms with Crippen molar-refractivity contribution < 1.29 is 18.3 Å². The van der Waals surface area contributed by atoms with Crippen molar-refractivity contribution in [1.29, 1.82) is 0 Å². The average molecular weight is 567 g/mol. The maximum atomic E-state index is 12.7. The smallest absolute Gasteiger partial charge is 0.387 e. The summed E-state index contributed by atoms with van der Waals surface area (Å²) < 4.78 is 35.3. The first-order valence-electron chi connectivity index (χ1n) is 11.1. The van der Waals surface area contributed by atoms with E-state index < -0.39 is 6.61 Å². The van der Waals surface area contributed by atoms with E-state index >= 15 is 0 Å². The molecule has 32 heavy (non-hydrogen) atoms. The van der Waals surface area contributed by atoms with E-state index in [1.165, 1.54) is 12.8 Å². The van der Waals surface area contributed by atoms with Crippen molar-refractivity contribution >= 4 is 35.6 Å². The van der Waals surface area contributed by atoms with Crippen molar-refractivity contribution in [2.24, 2.45) is 10.9 Å². The predicted molar refractivity (Wildman–Crippen MR) is 135 cm³/mol. The Kier molecular flexibility index (Phi) is 11.7. The molecule has 2 heterocycles. The van der Waals surface area contributed by atoms with Gasteiger partial charge in [-0.25, -0.2) is 0 Å². The first-order chi connectivity index (χ1) is 15.1. The topological polar surface area (TPSA) is 61.4 Å². The Balaban J connectivity index is 0.00000363. The third-order valence-electron chi connectivity index (χ3n) is 6.05. The molecule has 1 aromatic carbocycles. The van der Waals surface area contributed by atoms with Crippen LogP contribution in [0.3, 0.4) is 0 Å². The van der Waals surface area contributed by atoms with Gasteiger partial charge in [-0.05, 0) is 50.4 Å². The summed E-state index contributed by atoms with van der Waals surface area (Å²) >= 11 is 0. The molecule has 182 valence electrons. The van der Waals surface area contributed by atoms with Gasteiger partial charge in [0.15, 0.2) is 5.96 Å². The summed E-state index contributed by atoms with van der Waals surface area (Å²) in [7, 11) is 3.52. The number of methoxy groups -OCH3 is 1. The molecule has 2 aliphatic rings. The Bertz CT molecular complexity index is 705. The summed E-state index contributed by atoms with van der Waals surface area (Å²) in [5.41, 5.74) is 0.704. The maximum Gasteiger partial charge on any atom is 0.387 e. The van der Waals surface area contributed by atoms with Gasteiger partial charge in [-0.2, -0.15) is 8.78 Å². The summed E-state index contributed by atoms with van der Waals surface area (Å²) in [5.74, 6) is 1.65. The number of nitrogens with zero attached hydrogens (tertiary/aromatic N) is 3. The molecule has 7 nitrogen and oxygen atoms in total. The molecule has 1 atom stereocenters. The van der Waals surface area contributed by atoms with Crippen LogP contribution < -0.4 is 20.3 Å². The number of benzene rings is 1. The number of guanidine groups is 1. The second-order valence-corrected chi connectivity index (χ2v) is 8.15. The summed E-state index contributed by atoms with van der Waals surface area (Å²) in [4.78, 5) is 8.91. The standard InChI is InChI=1S/C22H35F2N5O2.HI/c1-25-22(26-15-17-7-10-28(11-8-17)13-14-30-2)27-18-9-12-29(16-18)19-5-3-4-6-20(19)31-21(23)24;/h3-6,17-18,21H,7-16H2,1-2H3,(H2,25,26,27);1H. The molecule has 0 amide bonds. The number of halogens is 3. The first kappa shape index (κ1) is 26.8. The van der Waals surface area contributed by atoms with E-state index in [0.29, 0.717) is 18.2 Å². The van der Waals surface area contributed by atoms with Crippen LogP contribution >= 0.6 is 24.0 Å². The Labute approximate surface area is 206 Å². The lowest BCUT2D eigenvalue weighted by Gasteiger charge is -2.32. The Morgan fingerprint density at radius 1 is 1.19 bits per heavy atom. The van der Waals surface area contributed by atoms with Crippen LogP contribution in [-0.2, 0) is 4.74 Å². The zero-order valence-electron chi connectivity index (χ0n) is 18.9. The van der Waals surface area contributed by atoms with Crippen LogP contribution in [0.1, 0.15) is 19.3 Å². The quantitative estimate of drug-likeness (QED) is 0.272. The van der Waals surface area contributed by atoms with E-state index in [4.69, 9.17) is 4.74 Å². The molecule has 0 aromatic heterocycles. The van der Waals surface area contributed by atoms with Gasteiger partial charge < -0.3 is 29.9 Å². The molecule has 0 bridgehead atoms. The summed E-state index contributed by atoms with van der Waals surface area (Å²) in [5, 5.41) is 6.95. The van der Waals surface area contributed by atoms with E-state index in [2.05, 4.69) is 30.2 Å². The number of anilines is 1. The number of ether oxygens (including phenoxy) is 2. The minimum absolute atomic E-state index is 0. The number of hydrogen-bond acceptors (Lipinski definition) is 5. The van der Waals surface area contributed by atoms with E-state index in [9.17, 15) is 8.78 Å². The highest BCUT2D eigenvalue weighted by atomic mass is 127. The lowest BCUT2D eigenvalue weighted by molar-refractivity contribution is -0.0495. The monoisotopic (exact) mass is 567 g/mol. The van der Waals surface area contributed by atoms with E-state index in [0.717, 1.165) is 51.7 Å². The zero-order valence-corrected chi connectivity index (χ0v) is 21.3. The van der Waals surface area contributed by atoms with Gasteiger partial charge in [0, 0.05) is 46.4 Å². The lowest BCUT2D eigenvalue weighted by atomic mass is 9.97.